The zero-order valence-corrected chi connectivity index (χ0v) is 30.4. The number of hydrogen-bond acceptors (Lipinski definition) is 4. The first-order chi connectivity index (χ1) is 24.3. The number of carbonyl (C=O) groups is 4. The Labute approximate surface area is 299 Å². The third-order valence-electron chi connectivity index (χ3n) is 10.2. The molecule has 5 aromatic carbocycles. The Balaban J connectivity index is 1.38. The van der Waals surface area contributed by atoms with E-state index in [1.807, 2.05) is 128 Å². The van der Waals surface area contributed by atoms with Gasteiger partial charge in [-0.05, 0) is 101 Å². The van der Waals surface area contributed by atoms with Gasteiger partial charge in [0.15, 0.2) is 0 Å². The molecule has 0 N–H and O–H groups in total. The second-order valence-corrected chi connectivity index (χ2v) is 14.8. The van der Waals surface area contributed by atoms with E-state index in [9.17, 15) is 19.2 Å². The van der Waals surface area contributed by atoms with Gasteiger partial charge in [-0.2, -0.15) is 0 Å². The molecule has 7 rings (SSSR count). The molecule has 4 amide bonds. The summed E-state index contributed by atoms with van der Waals surface area (Å²) in [6.45, 7) is 16.2. The minimum absolute atomic E-state index is 0.145. The van der Waals surface area contributed by atoms with Crippen LogP contribution in [0.4, 0.5) is 11.4 Å². The molecule has 0 aromatic heterocycles. The van der Waals surface area contributed by atoms with Crippen molar-refractivity contribution in [2.75, 3.05) is 9.80 Å². The number of hydrogen-bond donors (Lipinski definition) is 0. The topological polar surface area (TPSA) is 74.8 Å². The monoisotopic (exact) mass is 674 g/mol. The van der Waals surface area contributed by atoms with Crippen molar-refractivity contribution in [3.05, 3.63) is 141 Å². The van der Waals surface area contributed by atoms with Crippen LogP contribution in [0.2, 0.25) is 0 Å². The summed E-state index contributed by atoms with van der Waals surface area (Å²) in [7, 11) is 0. The molecule has 6 nitrogen and oxygen atoms in total. The number of fused-ring (bicyclic) bond motifs is 2. The van der Waals surface area contributed by atoms with Crippen LogP contribution in [0.5, 0.6) is 0 Å². The van der Waals surface area contributed by atoms with Gasteiger partial charge in [0.05, 0.1) is 33.6 Å². The standard InChI is InChI=1S/C45H42N2O4/c1-24(2)35-23-38(46-42(48)33-19-17-31(21-36(33)44(46)50)29-13-9-27(7)10-14-29)39(25(3)4)40(26(5)6)41(35)47-43(49)34-20-18-32(22-37(34)45(47)51)30-15-11-28(8)12-16-30/h9-26H,1-8H3. The van der Waals surface area contributed by atoms with E-state index in [1.165, 1.54) is 9.80 Å². The van der Waals surface area contributed by atoms with E-state index in [4.69, 9.17) is 0 Å². The van der Waals surface area contributed by atoms with Crippen molar-refractivity contribution in [3.63, 3.8) is 0 Å². The van der Waals surface area contributed by atoms with Crippen LogP contribution in [0.25, 0.3) is 22.3 Å². The molecule has 0 aliphatic carbocycles. The average Bonchev–Trinajstić information content (AvgIpc) is 3.50. The van der Waals surface area contributed by atoms with Crippen LogP contribution in [0.3, 0.4) is 0 Å². The van der Waals surface area contributed by atoms with E-state index in [1.54, 1.807) is 18.2 Å². The summed E-state index contributed by atoms with van der Waals surface area (Å²) < 4.78 is 0. The highest BCUT2D eigenvalue weighted by Gasteiger charge is 2.44. The Hall–Kier alpha value is -5.62. The number of benzene rings is 5. The van der Waals surface area contributed by atoms with E-state index >= 15 is 0 Å². The van der Waals surface area contributed by atoms with Crippen molar-refractivity contribution in [2.24, 2.45) is 0 Å². The van der Waals surface area contributed by atoms with Crippen molar-refractivity contribution < 1.29 is 19.2 Å². The van der Waals surface area contributed by atoms with Crippen molar-refractivity contribution in [1.29, 1.82) is 0 Å². The van der Waals surface area contributed by atoms with Crippen molar-refractivity contribution in [3.8, 4) is 22.3 Å². The maximum absolute atomic E-state index is 14.4. The Bertz CT molecular complexity index is 2280. The molecule has 2 heterocycles. The molecule has 6 heteroatoms. The molecule has 2 aliphatic heterocycles. The summed E-state index contributed by atoms with van der Waals surface area (Å²) in [6.07, 6.45) is 0. The molecule has 5 aromatic rings. The Morgan fingerprint density at radius 2 is 0.804 bits per heavy atom. The summed E-state index contributed by atoms with van der Waals surface area (Å²) in [4.78, 5) is 59.9. The number of aryl methyl sites for hydroxylation is 2. The lowest BCUT2D eigenvalue weighted by Crippen LogP contribution is -2.34. The Morgan fingerprint density at radius 1 is 0.412 bits per heavy atom. The molecule has 0 unspecified atom stereocenters. The normalized spacial score (nSPS) is 14.1. The number of anilines is 2. The Morgan fingerprint density at radius 3 is 1.24 bits per heavy atom. The first kappa shape index (κ1) is 33.9. The van der Waals surface area contributed by atoms with Crippen LogP contribution < -0.4 is 9.80 Å². The van der Waals surface area contributed by atoms with Gasteiger partial charge in [-0.3, -0.25) is 19.2 Å². The molecule has 51 heavy (non-hydrogen) atoms. The highest BCUT2D eigenvalue weighted by Crippen LogP contribution is 2.49. The predicted octanol–water partition coefficient (Wildman–Crippen LogP) is 10.6. The predicted molar refractivity (Wildman–Crippen MR) is 204 cm³/mol. The average molecular weight is 675 g/mol. The van der Waals surface area contributed by atoms with Gasteiger partial charge in [0.2, 0.25) is 0 Å². The highest BCUT2D eigenvalue weighted by atomic mass is 16.2. The molecule has 0 spiro atoms. The summed E-state index contributed by atoms with van der Waals surface area (Å²) in [5, 5.41) is 0. The molecule has 0 saturated carbocycles. The lowest BCUT2D eigenvalue weighted by molar-refractivity contribution is 0.0908. The molecule has 0 radical (unpaired) electrons. The van der Waals surface area contributed by atoms with E-state index in [0.717, 1.165) is 50.1 Å². The van der Waals surface area contributed by atoms with Gasteiger partial charge >= 0.3 is 0 Å². The summed E-state index contributed by atoms with van der Waals surface area (Å²) in [5.74, 6) is -1.95. The van der Waals surface area contributed by atoms with Gasteiger partial charge in [0.25, 0.3) is 23.6 Å². The lowest BCUT2D eigenvalue weighted by Gasteiger charge is -2.32. The summed E-state index contributed by atoms with van der Waals surface area (Å²) in [5.41, 5.74) is 10.7. The fourth-order valence-corrected chi connectivity index (χ4v) is 7.53. The SMILES string of the molecule is Cc1ccc(-c2ccc3c(c2)C(=O)N(c2cc(C(C)C)c(N4C(=O)c5ccc(-c6ccc(C)cc6)cc5C4=O)c(C(C)C)c2C(C)C)C3=O)cc1. The molecule has 0 atom stereocenters. The van der Waals surface area contributed by atoms with Crippen LogP contribution >= 0.6 is 0 Å². The van der Waals surface area contributed by atoms with Gasteiger partial charge in [0, 0.05) is 0 Å². The second-order valence-electron chi connectivity index (χ2n) is 14.8. The number of nitrogens with zero attached hydrogens (tertiary/aromatic N) is 2. The summed E-state index contributed by atoms with van der Waals surface area (Å²) >= 11 is 0. The van der Waals surface area contributed by atoms with Gasteiger partial charge < -0.3 is 0 Å². The van der Waals surface area contributed by atoms with Crippen LogP contribution in [0.15, 0.2) is 91.0 Å². The van der Waals surface area contributed by atoms with Crippen LogP contribution in [0.1, 0.15) is 129 Å². The zero-order chi connectivity index (χ0) is 36.5. The minimum Gasteiger partial charge on any atom is -0.268 e. The number of imide groups is 2. The zero-order valence-electron chi connectivity index (χ0n) is 30.4. The third kappa shape index (κ3) is 5.50. The van der Waals surface area contributed by atoms with Gasteiger partial charge in [-0.25, -0.2) is 9.80 Å². The van der Waals surface area contributed by atoms with Gasteiger partial charge in [-0.1, -0.05) is 113 Å². The number of carbonyl (C=O) groups excluding carboxylic acids is 4. The maximum Gasteiger partial charge on any atom is 0.266 e. The molecule has 2 aliphatic rings. The van der Waals surface area contributed by atoms with Crippen molar-refractivity contribution in [1.82, 2.24) is 0 Å². The lowest BCUT2D eigenvalue weighted by atomic mass is 9.82. The highest BCUT2D eigenvalue weighted by molar-refractivity contribution is 6.36. The molecule has 0 saturated heterocycles. The van der Waals surface area contributed by atoms with E-state index in [-0.39, 0.29) is 41.4 Å². The fourth-order valence-electron chi connectivity index (χ4n) is 7.53. The smallest absolute Gasteiger partial charge is 0.266 e. The first-order valence-electron chi connectivity index (χ1n) is 17.7. The van der Waals surface area contributed by atoms with E-state index in [2.05, 4.69) is 0 Å². The Kier molecular flexibility index (Phi) is 8.37. The van der Waals surface area contributed by atoms with Crippen molar-refractivity contribution in [2.45, 2.75) is 73.1 Å². The van der Waals surface area contributed by atoms with Crippen LogP contribution in [0, 0.1) is 13.8 Å². The first-order valence-corrected chi connectivity index (χ1v) is 17.7. The van der Waals surface area contributed by atoms with Gasteiger partial charge in [0.1, 0.15) is 0 Å². The minimum atomic E-state index is -0.382. The van der Waals surface area contributed by atoms with Crippen LogP contribution in [-0.4, -0.2) is 23.6 Å². The maximum atomic E-state index is 14.4. The summed E-state index contributed by atoms with van der Waals surface area (Å²) in [6, 6.07) is 28.9. The molecule has 0 bridgehead atoms. The van der Waals surface area contributed by atoms with E-state index < -0.39 is 0 Å². The second kappa shape index (κ2) is 12.6. The third-order valence-corrected chi connectivity index (χ3v) is 10.2. The fraction of sp³-hybridized carbons (Fsp3) is 0.244. The molecular formula is C45H42N2O4. The molecule has 0 fully saturated rings. The molecule has 256 valence electrons. The largest absolute Gasteiger partial charge is 0.268 e. The number of rotatable bonds is 7. The quantitative estimate of drug-likeness (QED) is 0.161. The van der Waals surface area contributed by atoms with E-state index in [0.29, 0.717) is 33.6 Å². The van der Waals surface area contributed by atoms with Crippen molar-refractivity contribution >= 4 is 35.0 Å². The van der Waals surface area contributed by atoms with Gasteiger partial charge in [-0.15, -0.1) is 0 Å². The van der Waals surface area contributed by atoms with Crippen LogP contribution in [-0.2, 0) is 0 Å². The molecular weight excluding hydrogens is 633 g/mol. The number of amides is 4.